The zero-order valence-electron chi connectivity index (χ0n) is 6.02. The average molecular weight is 163 g/mol. The lowest BCUT2D eigenvalue weighted by atomic mass is 10.2. The Morgan fingerprint density at radius 1 is 1.42 bits per heavy atom. The minimum atomic E-state index is -0.0218. The average Bonchev–Trinajstić information content (AvgIpc) is 2.49. The third-order valence-electron chi connectivity index (χ3n) is 1.62. The molecule has 0 saturated carbocycles. The Kier molecular flexibility index (Phi) is 1.33. The molecule has 0 spiro atoms. The molecule has 2 rings (SSSR count). The van der Waals surface area contributed by atoms with Gasteiger partial charge in [0, 0.05) is 11.2 Å². The highest BCUT2D eigenvalue weighted by Gasteiger charge is 2.05. The minimum Gasteiger partial charge on any atom is -0.507 e. The van der Waals surface area contributed by atoms with Crippen LogP contribution in [0.2, 0.25) is 0 Å². The van der Waals surface area contributed by atoms with Crippen molar-refractivity contribution >= 4 is 16.9 Å². The number of aromatic hydroxyl groups is 1. The Morgan fingerprint density at radius 3 is 2.92 bits per heavy atom. The van der Waals surface area contributed by atoms with Crippen LogP contribution in [0.15, 0.2) is 33.9 Å². The molecular formula is C8H5NO3. The van der Waals surface area contributed by atoms with Crippen molar-refractivity contribution in [3.05, 3.63) is 29.2 Å². The van der Waals surface area contributed by atoms with Crippen molar-refractivity contribution in [1.82, 2.24) is 0 Å². The van der Waals surface area contributed by atoms with E-state index in [4.69, 9.17) is 4.42 Å². The second kappa shape index (κ2) is 2.34. The molecule has 1 aromatic heterocycles. The van der Waals surface area contributed by atoms with Gasteiger partial charge in [0.2, 0.25) is 0 Å². The van der Waals surface area contributed by atoms with E-state index in [9.17, 15) is 10.0 Å². The van der Waals surface area contributed by atoms with Crippen LogP contribution in [0, 0.1) is 4.91 Å². The van der Waals surface area contributed by atoms with Crippen LogP contribution in [0.3, 0.4) is 0 Å². The lowest BCUT2D eigenvalue weighted by Crippen LogP contribution is -1.63. The number of hydrogen-bond acceptors (Lipinski definition) is 4. The number of phenols is 1. The maximum atomic E-state index is 10.1. The van der Waals surface area contributed by atoms with E-state index < -0.39 is 0 Å². The van der Waals surface area contributed by atoms with Crippen LogP contribution < -0.4 is 0 Å². The lowest BCUT2D eigenvalue weighted by molar-refractivity contribution is 0.481. The number of phenolic OH excluding ortho intramolecular Hbond substituents is 1. The van der Waals surface area contributed by atoms with Crippen molar-refractivity contribution in [3.8, 4) is 5.75 Å². The molecule has 0 aliphatic rings. The van der Waals surface area contributed by atoms with Gasteiger partial charge in [-0.2, -0.15) is 0 Å². The van der Waals surface area contributed by atoms with E-state index in [1.54, 1.807) is 12.1 Å². The summed E-state index contributed by atoms with van der Waals surface area (Å²) in [6, 6.07) is 6.21. The van der Waals surface area contributed by atoms with Crippen molar-refractivity contribution in [2.45, 2.75) is 0 Å². The maximum absolute atomic E-state index is 10.1. The lowest BCUT2D eigenvalue weighted by Gasteiger charge is -1.89. The van der Waals surface area contributed by atoms with Crippen LogP contribution in [0.5, 0.6) is 5.75 Å². The van der Waals surface area contributed by atoms with Gasteiger partial charge in [0.25, 0.3) is 5.88 Å². The Morgan fingerprint density at radius 2 is 2.25 bits per heavy atom. The van der Waals surface area contributed by atoms with Crippen LogP contribution in [0.25, 0.3) is 11.0 Å². The van der Waals surface area contributed by atoms with Gasteiger partial charge in [0.05, 0.1) is 5.39 Å². The predicted octanol–water partition coefficient (Wildman–Crippen LogP) is 2.54. The Balaban J connectivity index is 2.82. The van der Waals surface area contributed by atoms with Gasteiger partial charge in [-0.25, -0.2) is 0 Å². The van der Waals surface area contributed by atoms with Gasteiger partial charge >= 0.3 is 0 Å². The molecule has 0 saturated heterocycles. The van der Waals surface area contributed by atoms with Gasteiger partial charge in [-0.05, 0) is 12.1 Å². The third-order valence-corrected chi connectivity index (χ3v) is 1.62. The van der Waals surface area contributed by atoms with Crippen molar-refractivity contribution in [2.24, 2.45) is 5.18 Å². The van der Waals surface area contributed by atoms with E-state index in [0.717, 1.165) is 0 Å². The molecule has 0 unspecified atom stereocenters. The summed E-state index contributed by atoms with van der Waals surface area (Å²) in [6.07, 6.45) is 0. The standard InChI is InChI=1S/C8H5NO3/c10-6-2-1-3-7-5(6)4-8(9-11)12-7/h1-4,10H. The first kappa shape index (κ1) is 6.84. The quantitative estimate of drug-likeness (QED) is 0.657. The zero-order valence-corrected chi connectivity index (χ0v) is 6.02. The largest absolute Gasteiger partial charge is 0.507 e. The Hall–Kier alpha value is -1.84. The van der Waals surface area contributed by atoms with Gasteiger partial charge in [-0.1, -0.05) is 6.07 Å². The number of nitroso groups, excluding NO2 is 1. The molecule has 12 heavy (non-hydrogen) atoms. The molecule has 2 aromatic rings. The van der Waals surface area contributed by atoms with Crippen LogP contribution in [0.4, 0.5) is 5.88 Å². The van der Waals surface area contributed by atoms with E-state index in [1.807, 2.05) is 0 Å². The minimum absolute atomic E-state index is 0.0218. The number of benzene rings is 1. The molecule has 60 valence electrons. The van der Waals surface area contributed by atoms with E-state index in [0.29, 0.717) is 11.0 Å². The van der Waals surface area contributed by atoms with Crippen molar-refractivity contribution in [1.29, 1.82) is 0 Å². The van der Waals surface area contributed by atoms with E-state index in [1.165, 1.54) is 12.1 Å². The fraction of sp³-hybridized carbons (Fsp3) is 0. The second-order valence-corrected chi connectivity index (χ2v) is 2.36. The summed E-state index contributed by atoms with van der Waals surface area (Å²) in [5.74, 6) is 0.0673. The maximum Gasteiger partial charge on any atom is 0.261 e. The Labute approximate surface area is 67.4 Å². The van der Waals surface area contributed by atoms with Gasteiger partial charge < -0.3 is 9.52 Å². The third kappa shape index (κ3) is 0.852. The smallest absolute Gasteiger partial charge is 0.261 e. The van der Waals surface area contributed by atoms with Crippen molar-refractivity contribution in [3.63, 3.8) is 0 Å². The molecular weight excluding hydrogens is 158 g/mol. The summed E-state index contributed by atoms with van der Waals surface area (Å²) < 4.78 is 4.96. The summed E-state index contributed by atoms with van der Waals surface area (Å²) in [4.78, 5) is 10.1. The van der Waals surface area contributed by atoms with Gasteiger partial charge in [0.1, 0.15) is 11.3 Å². The molecule has 1 N–H and O–H groups in total. The fourth-order valence-electron chi connectivity index (χ4n) is 1.08. The normalized spacial score (nSPS) is 10.3. The molecule has 0 atom stereocenters. The van der Waals surface area contributed by atoms with E-state index >= 15 is 0 Å². The highest BCUT2D eigenvalue weighted by Crippen LogP contribution is 2.30. The zero-order chi connectivity index (χ0) is 8.55. The van der Waals surface area contributed by atoms with Crippen LogP contribution >= 0.6 is 0 Å². The van der Waals surface area contributed by atoms with Crippen LogP contribution in [-0.4, -0.2) is 5.11 Å². The molecule has 0 radical (unpaired) electrons. The molecule has 1 heterocycles. The molecule has 0 fully saturated rings. The first-order valence-corrected chi connectivity index (χ1v) is 3.36. The monoisotopic (exact) mass is 163 g/mol. The van der Waals surface area contributed by atoms with Gasteiger partial charge in [-0.15, -0.1) is 4.91 Å². The summed E-state index contributed by atoms with van der Waals surface area (Å²) in [5, 5.41) is 12.4. The van der Waals surface area contributed by atoms with Crippen LogP contribution in [-0.2, 0) is 0 Å². The molecule has 4 nitrogen and oxygen atoms in total. The fourth-order valence-corrected chi connectivity index (χ4v) is 1.08. The topological polar surface area (TPSA) is 62.8 Å². The van der Waals surface area contributed by atoms with E-state index in [-0.39, 0.29) is 11.6 Å². The highest BCUT2D eigenvalue weighted by atomic mass is 16.4. The summed E-state index contributed by atoms with van der Waals surface area (Å²) in [7, 11) is 0. The molecule has 0 aliphatic heterocycles. The van der Waals surface area contributed by atoms with Crippen molar-refractivity contribution in [2.75, 3.05) is 0 Å². The van der Waals surface area contributed by atoms with Crippen LogP contribution in [0.1, 0.15) is 0 Å². The summed E-state index contributed by atoms with van der Waals surface area (Å²) >= 11 is 0. The SMILES string of the molecule is O=Nc1cc2c(O)cccc2o1. The summed E-state index contributed by atoms with van der Waals surface area (Å²) in [6.45, 7) is 0. The van der Waals surface area contributed by atoms with Gasteiger partial charge in [0.15, 0.2) is 0 Å². The highest BCUT2D eigenvalue weighted by molar-refractivity contribution is 5.86. The molecule has 0 aliphatic carbocycles. The van der Waals surface area contributed by atoms with Crippen molar-refractivity contribution < 1.29 is 9.52 Å². The first-order valence-electron chi connectivity index (χ1n) is 3.36. The summed E-state index contributed by atoms with van der Waals surface area (Å²) in [5.41, 5.74) is 0.463. The number of fused-ring (bicyclic) bond motifs is 1. The molecule has 4 heteroatoms. The Bertz CT molecular complexity index is 433. The molecule has 0 amide bonds. The van der Waals surface area contributed by atoms with E-state index in [2.05, 4.69) is 5.18 Å². The molecule has 0 bridgehead atoms. The second-order valence-electron chi connectivity index (χ2n) is 2.36. The first-order chi connectivity index (χ1) is 5.81. The number of furan rings is 1. The predicted molar refractivity (Wildman–Crippen MR) is 43.3 cm³/mol. The van der Waals surface area contributed by atoms with Gasteiger partial charge in [-0.3, -0.25) is 0 Å². The number of nitrogens with zero attached hydrogens (tertiary/aromatic N) is 1. The molecule has 1 aromatic carbocycles. The number of hydrogen-bond donors (Lipinski definition) is 1. The number of rotatable bonds is 1.